The molecule has 1 saturated carbocycles. The van der Waals surface area contributed by atoms with Crippen molar-refractivity contribution < 1.29 is 15.0 Å². The maximum atomic E-state index is 14.6. The molecule has 3 heteroatoms. The Kier molecular flexibility index (Phi) is 13.0. The van der Waals surface area contributed by atoms with Crippen molar-refractivity contribution in [3.8, 4) is 11.5 Å². The van der Waals surface area contributed by atoms with Crippen LogP contribution in [0.25, 0.3) is 46.6 Å². The van der Waals surface area contributed by atoms with Gasteiger partial charge in [-0.3, -0.25) is 4.79 Å². The number of Topliss-reactive ketones (excluding diaryl/α,β-unsaturated/α-hetero) is 1. The van der Waals surface area contributed by atoms with Crippen LogP contribution in [0.15, 0.2) is 146 Å². The first-order chi connectivity index (χ1) is 28.6. The quantitative estimate of drug-likeness (QED) is 0.122. The maximum Gasteiger partial charge on any atom is 0.139 e. The standard InChI is InChI=1S/C56H54O3/c1-38(28-42-18-9-5-10-19-42)50-34-46(35-51(55(50)58)39(2)29-43-20-11-6-12-21-43)32-48-26-17-27-49(54(48)57)33-47-36-52(40(3)30-44-22-13-7-14-23-44)56(59)53(37-47)41(4)31-45-24-15-8-16-25-45/h5-16,18-25,28-31,34-37,48-49,58-59H,17,26-27,32-33H2,1-4H3. The Morgan fingerprint density at radius 1 is 0.458 bits per heavy atom. The van der Waals surface area contributed by atoms with Crippen LogP contribution >= 0.6 is 0 Å². The highest BCUT2D eigenvalue weighted by molar-refractivity contribution is 5.91. The van der Waals surface area contributed by atoms with Crippen LogP contribution in [0.1, 0.15) is 103 Å². The number of benzene rings is 6. The second kappa shape index (κ2) is 18.9. The van der Waals surface area contributed by atoms with E-state index in [0.29, 0.717) is 18.6 Å². The molecule has 6 aromatic carbocycles. The van der Waals surface area contributed by atoms with Gasteiger partial charge in [0.15, 0.2) is 0 Å². The first kappa shape index (κ1) is 40.7. The minimum Gasteiger partial charge on any atom is -0.507 e. The Morgan fingerprint density at radius 3 is 0.966 bits per heavy atom. The third kappa shape index (κ3) is 10.2. The van der Waals surface area contributed by atoms with E-state index >= 15 is 0 Å². The van der Waals surface area contributed by atoms with E-state index in [4.69, 9.17) is 0 Å². The highest BCUT2D eigenvalue weighted by Crippen LogP contribution is 2.40. The second-order valence-electron chi connectivity index (χ2n) is 16.2. The molecule has 7 rings (SSSR count). The van der Waals surface area contributed by atoms with Gasteiger partial charge in [-0.2, -0.15) is 0 Å². The lowest BCUT2D eigenvalue weighted by Gasteiger charge is -2.29. The molecule has 296 valence electrons. The van der Waals surface area contributed by atoms with Gasteiger partial charge in [-0.25, -0.2) is 0 Å². The van der Waals surface area contributed by atoms with E-state index in [9.17, 15) is 15.0 Å². The normalized spacial score (nSPS) is 16.6. The maximum absolute atomic E-state index is 14.6. The lowest BCUT2D eigenvalue weighted by molar-refractivity contribution is -0.129. The molecule has 59 heavy (non-hydrogen) atoms. The van der Waals surface area contributed by atoms with Gasteiger partial charge in [-0.1, -0.05) is 152 Å². The summed E-state index contributed by atoms with van der Waals surface area (Å²) in [6.07, 6.45) is 12.3. The summed E-state index contributed by atoms with van der Waals surface area (Å²) in [5, 5.41) is 23.6. The fourth-order valence-corrected chi connectivity index (χ4v) is 8.54. The molecule has 0 aliphatic heterocycles. The van der Waals surface area contributed by atoms with Gasteiger partial charge in [0.2, 0.25) is 0 Å². The van der Waals surface area contributed by atoms with Gasteiger partial charge in [0.1, 0.15) is 17.3 Å². The number of phenols is 2. The van der Waals surface area contributed by atoms with Crippen molar-refractivity contribution in [3.05, 3.63) is 201 Å². The molecule has 2 unspecified atom stereocenters. The number of phenolic OH excluding ortho intramolecular Hbond substituents is 2. The van der Waals surface area contributed by atoms with Crippen LogP contribution in [-0.2, 0) is 17.6 Å². The van der Waals surface area contributed by atoms with E-state index in [0.717, 1.165) is 97.2 Å². The fraction of sp³-hybridized carbons (Fsp3) is 0.196. The summed E-state index contributed by atoms with van der Waals surface area (Å²) >= 11 is 0. The average molecular weight is 775 g/mol. The number of rotatable bonds is 12. The van der Waals surface area contributed by atoms with Crippen LogP contribution in [-0.4, -0.2) is 16.0 Å². The van der Waals surface area contributed by atoms with Crippen LogP contribution in [0.3, 0.4) is 0 Å². The summed E-state index contributed by atoms with van der Waals surface area (Å²) in [6, 6.07) is 49.0. The van der Waals surface area contributed by atoms with E-state index in [-0.39, 0.29) is 23.3 Å². The molecule has 3 nitrogen and oxygen atoms in total. The predicted molar refractivity (Wildman–Crippen MR) is 249 cm³/mol. The second-order valence-corrected chi connectivity index (χ2v) is 16.2. The zero-order valence-electron chi connectivity index (χ0n) is 34.7. The van der Waals surface area contributed by atoms with E-state index in [1.54, 1.807) is 0 Å². The van der Waals surface area contributed by atoms with Gasteiger partial charge in [0.25, 0.3) is 0 Å². The van der Waals surface area contributed by atoms with Gasteiger partial charge in [-0.15, -0.1) is 0 Å². The lowest BCUT2D eigenvalue weighted by atomic mass is 9.74. The van der Waals surface area contributed by atoms with Crippen molar-refractivity contribution in [1.29, 1.82) is 0 Å². The van der Waals surface area contributed by atoms with Crippen molar-refractivity contribution in [2.45, 2.75) is 59.8 Å². The molecule has 1 aliphatic carbocycles. The highest BCUT2D eigenvalue weighted by Gasteiger charge is 2.32. The molecule has 0 aromatic heterocycles. The molecule has 0 bridgehead atoms. The largest absolute Gasteiger partial charge is 0.507 e. The number of aromatic hydroxyl groups is 2. The smallest absolute Gasteiger partial charge is 0.139 e. The summed E-state index contributed by atoms with van der Waals surface area (Å²) in [4.78, 5) is 14.6. The van der Waals surface area contributed by atoms with Crippen molar-refractivity contribution in [3.63, 3.8) is 0 Å². The Labute approximate surface area is 350 Å². The number of allylic oxidation sites excluding steroid dienone is 4. The number of carbonyl (C=O) groups is 1. The van der Waals surface area contributed by atoms with Crippen LogP contribution < -0.4 is 0 Å². The summed E-state index contributed by atoms with van der Waals surface area (Å²) in [5.41, 5.74) is 13.3. The Morgan fingerprint density at radius 2 is 0.712 bits per heavy atom. The molecule has 2 atom stereocenters. The number of carbonyl (C=O) groups excluding carboxylic acids is 1. The van der Waals surface area contributed by atoms with Crippen molar-refractivity contribution in [2.75, 3.05) is 0 Å². The topological polar surface area (TPSA) is 57.5 Å². The lowest BCUT2D eigenvalue weighted by Crippen LogP contribution is -2.31. The van der Waals surface area contributed by atoms with E-state index in [2.05, 4.69) is 97.1 Å². The van der Waals surface area contributed by atoms with Crippen molar-refractivity contribution >= 4 is 52.4 Å². The molecule has 0 radical (unpaired) electrons. The Hall–Kier alpha value is -6.45. The molecule has 0 saturated heterocycles. The first-order valence-electron chi connectivity index (χ1n) is 20.8. The first-order valence-corrected chi connectivity index (χ1v) is 20.8. The van der Waals surface area contributed by atoms with E-state index in [1.165, 1.54) is 0 Å². The molecular weight excluding hydrogens is 721 g/mol. The monoisotopic (exact) mass is 774 g/mol. The molecule has 0 spiro atoms. The van der Waals surface area contributed by atoms with Gasteiger partial charge >= 0.3 is 0 Å². The molecule has 1 aliphatic rings. The molecule has 0 heterocycles. The summed E-state index contributed by atoms with van der Waals surface area (Å²) in [7, 11) is 0. The Balaban J connectivity index is 1.21. The summed E-state index contributed by atoms with van der Waals surface area (Å²) < 4.78 is 0. The molecule has 2 N–H and O–H groups in total. The van der Waals surface area contributed by atoms with Gasteiger partial charge in [0, 0.05) is 34.1 Å². The molecule has 1 fully saturated rings. The number of hydrogen-bond acceptors (Lipinski definition) is 3. The third-order valence-corrected chi connectivity index (χ3v) is 11.6. The SMILES string of the molecule is CC(=Cc1ccccc1)c1cc(CC2CCCC(Cc3cc(C(C)=Cc4ccccc4)c(O)c(C(C)=Cc4ccccc4)c3)C2=O)cc(C(C)=Cc2ccccc2)c1O. The number of ketones is 1. The zero-order chi connectivity index (χ0) is 41.3. The minimum atomic E-state index is -0.133. The van der Waals surface area contributed by atoms with Crippen LogP contribution in [0.4, 0.5) is 0 Å². The van der Waals surface area contributed by atoms with E-state index in [1.807, 2.05) is 100 Å². The minimum absolute atomic E-state index is 0.133. The van der Waals surface area contributed by atoms with Crippen molar-refractivity contribution in [1.82, 2.24) is 0 Å². The fourth-order valence-electron chi connectivity index (χ4n) is 8.54. The third-order valence-electron chi connectivity index (χ3n) is 11.6. The van der Waals surface area contributed by atoms with Crippen LogP contribution in [0, 0.1) is 11.8 Å². The van der Waals surface area contributed by atoms with Crippen LogP contribution in [0.5, 0.6) is 11.5 Å². The summed E-state index contributed by atoms with van der Waals surface area (Å²) in [6.45, 7) is 8.17. The predicted octanol–water partition coefficient (Wildman–Crippen LogP) is 14.1. The highest BCUT2D eigenvalue weighted by atomic mass is 16.3. The Bertz CT molecular complexity index is 2190. The molecule has 6 aromatic rings. The van der Waals surface area contributed by atoms with Gasteiger partial charge < -0.3 is 10.2 Å². The average Bonchev–Trinajstić information content (AvgIpc) is 3.24. The zero-order valence-corrected chi connectivity index (χ0v) is 34.7. The van der Waals surface area contributed by atoms with Crippen LogP contribution in [0.2, 0.25) is 0 Å². The van der Waals surface area contributed by atoms with Crippen molar-refractivity contribution in [2.24, 2.45) is 11.8 Å². The summed E-state index contributed by atoms with van der Waals surface area (Å²) in [5.74, 6) is 0.536. The molecular formula is C56H54O3. The number of hydrogen-bond donors (Lipinski definition) is 2. The van der Waals surface area contributed by atoms with Gasteiger partial charge in [-0.05, 0) is 133 Å². The molecule has 0 amide bonds. The van der Waals surface area contributed by atoms with E-state index < -0.39 is 0 Å². The van der Waals surface area contributed by atoms with Gasteiger partial charge in [0.05, 0.1) is 0 Å².